The summed E-state index contributed by atoms with van der Waals surface area (Å²) in [7, 11) is -1.78. The Kier molecular flexibility index (Phi) is 14.9. The molecule has 4 aromatic carbocycles. The zero-order valence-electron chi connectivity index (χ0n) is 18.7. The monoisotopic (exact) mass is 547 g/mol. The second kappa shape index (κ2) is 15.2. The minimum Gasteiger partial charge on any atom is -0.682 e. The van der Waals surface area contributed by atoms with Gasteiger partial charge in [-0.3, -0.25) is 0 Å². The van der Waals surface area contributed by atoms with Gasteiger partial charge in [-0.1, -0.05) is 70.1 Å². The van der Waals surface area contributed by atoms with Gasteiger partial charge in [0.1, 0.15) is 0 Å². The maximum Gasteiger partial charge on any atom is 0 e. The maximum absolute atomic E-state index is 6.72. The molecule has 155 valence electrons. The van der Waals surface area contributed by atoms with E-state index in [1.807, 2.05) is 26.2 Å². The van der Waals surface area contributed by atoms with E-state index in [0.29, 0.717) is 0 Å². The topological polar surface area (TPSA) is 47.6 Å². The molecule has 5 heteroatoms. The molecule has 0 unspecified atom stereocenters. The van der Waals surface area contributed by atoms with Crippen molar-refractivity contribution in [3.63, 3.8) is 0 Å². The van der Waals surface area contributed by atoms with Crippen molar-refractivity contribution in [2.45, 2.75) is 40.0 Å². The third-order valence-electron chi connectivity index (χ3n) is 3.52. The molecule has 0 aliphatic carbocycles. The number of benzene rings is 2. The van der Waals surface area contributed by atoms with Crippen LogP contribution in [0.2, 0.25) is 26.2 Å². The van der Waals surface area contributed by atoms with E-state index in [4.69, 9.17) is 10.8 Å². The second-order valence-corrected chi connectivity index (χ2v) is 12.3. The van der Waals surface area contributed by atoms with Gasteiger partial charge >= 0.3 is 0 Å². The predicted octanol–water partition coefficient (Wildman–Crippen LogP) is 7.78. The van der Waals surface area contributed by atoms with Crippen LogP contribution < -0.4 is 0 Å². The van der Waals surface area contributed by atoms with E-state index in [2.05, 4.69) is 86.6 Å². The van der Waals surface area contributed by atoms with Crippen LogP contribution in [0, 0.1) is 55.1 Å². The largest absolute Gasteiger partial charge is 0.682 e. The Hall–Kier alpha value is -0.623. The van der Waals surface area contributed by atoms with Gasteiger partial charge in [0.25, 0.3) is 0 Å². The summed E-state index contributed by atoms with van der Waals surface area (Å²) >= 11 is 0. The van der Waals surface area contributed by atoms with Crippen LogP contribution in [0.5, 0.6) is 0 Å². The second-order valence-electron chi connectivity index (χ2n) is 7.63. The summed E-state index contributed by atoms with van der Waals surface area (Å²) in [6.07, 6.45) is 0. The Balaban J connectivity index is 0.000000391. The Morgan fingerprint density at radius 3 is 1.17 bits per heavy atom. The quantitative estimate of drug-likeness (QED) is 0.159. The van der Waals surface area contributed by atoms with Crippen molar-refractivity contribution in [3.8, 4) is 0 Å². The van der Waals surface area contributed by atoms with E-state index in [1.165, 1.54) is 32.7 Å². The van der Waals surface area contributed by atoms with Gasteiger partial charge in [0.05, 0.1) is 0 Å². The predicted molar refractivity (Wildman–Crippen MR) is 135 cm³/mol. The van der Waals surface area contributed by atoms with E-state index in [0.717, 1.165) is 0 Å². The SMILES string of the molecule is C[SiH](C)[NH-].C[SiH](C)[NH-].Cc1cc2ccccc2[cH-]1.Cc1cc2ccccc2[cH-]1.[Pr]. The molecule has 0 saturated carbocycles. The first-order chi connectivity index (χ1) is 13.2. The maximum atomic E-state index is 6.72. The molecule has 2 nitrogen and oxygen atoms in total. The third-order valence-corrected chi connectivity index (χ3v) is 3.52. The summed E-state index contributed by atoms with van der Waals surface area (Å²) in [5, 5.41) is 18.8. The van der Waals surface area contributed by atoms with Crippen LogP contribution in [0.25, 0.3) is 32.3 Å². The van der Waals surface area contributed by atoms with Crippen LogP contribution in [0.1, 0.15) is 11.1 Å². The average Bonchev–Trinajstić information content (AvgIpc) is 3.14. The van der Waals surface area contributed by atoms with Crippen LogP contribution in [-0.4, -0.2) is 17.9 Å². The summed E-state index contributed by atoms with van der Waals surface area (Å²) in [5.41, 5.74) is 2.70. The Bertz CT molecular complexity index is 793. The summed E-state index contributed by atoms with van der Waals surface area (Å²) < 4.78 is 0. The molecule has 0 amide bonds. The number of rotatable bonds is 0. The van der Waals surface area contributed by atoms with Gasteiger partial charge in [-0.25, -0.2) is 0 Å². The summed E-state index contributed by atoms with van der Waals surface area (Å²) in [4.78, 5) is 0. The van der Waals surface area contributed by atoms with Crippen LogP contribution in [0.15, 0.2) is 72.8 Å². The van der Waals surface area contributed by atoms with Crippen molar-refractivity contribution < 1.29 is 41.3 Å². The number of hydrogen-bond donors (Lipinski definition) is 0. The first-order valence-electron chi connectivity index (χ1n) is 9.85. The van der Waals surface area contributed by atoms with Gasteiger partial charge in [0, 0.05) is 41.3 Å². The van der Waals surface area contributed by atoms with Gasteiger partial charge in [-0.15, -0.1) is 81.2 Å². The van der Waals surface area contributed by atoms with Crippen molar-refractivity contribution >= 4 is 39.5 Å². The molecule has 0 aliphatic heterocycles. The van der Waals surface area contributed by atoms with Gasteiger partial charge in [0.2, 0.25) is 0 Å². The number of hydrogen-bond acceptors (Lipinski definition) is 0. The van der Waals surface area contributed by atoms with Crippen LogP contribution in [-0.2, 0) is 0 Å². The Morgan fingerprint density at radius 1 is 0.621 bits per heavy atom. The molecular formula is C24H34N2PrSi2-4. The van der Waals surface area contributed by atoms with E-state index >= 15 is 0 Å². The molecule has 0 bridgehead atoms. The van der Waals surface area contributed by atoms with Crippen molar-refractivity contribution in [2.75, 3.05) is 0 Å². The molecule has 0 aromatic heterocycles. The summed E-state index contributed by atoms with van der Waals surface area (Å²) in [6.45, 7) is 12.1. The molecule has 29 heavy (non-hydrogen) atoms. The van der Waals surface area contributed by atoms with Crippen molar-refractivity contribution in [2.24, 2.45) is 0 Å². The minimum absolute atomic E-state index is 0. The smallest absolute Gasteiger partial charge is 0 e. The van der Waals surface area contributed by atoms with E-state index in [-0.39, 0.29) is 41.3 Å². The molecule has 0 saturated heterocycles. The van der Waals surface area contributed by atoms with Crippen LogP contribution in [0.4, 0.5) is 0 Å². The Labute approximate surface area is 213 Å². The van der Waals surface area contributed by atoms with E-state index in [9.17, 15) is 0 Å². The number of aryl methyl sites for hydroxylation is 2. The standard InChI is InChI=1S/2C10H9.2C2H8NSi.Pr/c2*1-8-6-9-4-2-3-5-10(9)7-8;2*1-4(2)3;/h2*2-7H,1H3;2*3-4H,1-2H3;/q4*-1;. The molecule has 2 N–H and O–H groups in total. The van der Waals surface area contributed by atoms with Crippen molar-refractivity contribution in [3.05, 3.63) is 94.7 Å². The van der Waals surface area contributed by atoms with Gasteiger partial charge in [-0.05, 0) is 0 Å². The van der Waals surface area contributed by atoms with Crippen LogP contribution >= 0.6 is 0 Å². The average molecular weight is 548 g/mol. The van der Waals surface area contributed by atoms with Gasteiger partial charge in [-0.2, -0.15) is 12.1 Å². The molecular weight excluding hydrogens is 513 g/mol. The fourth-order valence-electron chi connectivity index (χ4n) is 2.61. The first kappa shape index (κ1) is 28.4. The zero-order chi connectivity index (χ0) is 21.1. The van der Waals surface area contributed by atoms with Gasteiger partial charge < -0.3 is 10.8 Å². The first-order valence-corrected chi connectivity index (χ1v) is 15.6. The van der Waals surface area contributed by atoms with E-state index in [1.54, 1.807) is 0 Å². The fraction of sp³-hybridized carbons (Fsp3) is 0.250. The number of nitrogens with one attached hydrogen (secondary N) is 2. The molecule has 0 heterocycles. The Morgan fingerprint density at radius 2 is 0.897 bits per heavy atom. The van der Waals surface area contributed by atoms with E-state index < -0.39 is 17.9 Å². The molecule has 4 aromatic rings. The molecule has 1 radical (unpaired) electrons. The molecule has 4 rings (SSSR count). The number of fused-ring (bicyclic) bond motifs is 2. The summed E-state index contributed by atoms with van der Waals surface area (Å²) in [5.74, 6) is 0. The third kappa shape index (κ3) is 12.6. The normalized spacial score (nSPS) is 9.72. The zero-order valence-corrected chi connectivity index (χ0v) is 24.7. The van der Waals surface area contributed by atoms with Crippen molar-refractivity contribution in [1.82, 2.24) is 0 Å². The van der Waals surface area contributed by atoms with Gasteiger partial charge in [0.15, 0.2) is 0 Å². The fourth-order valence-corrected chi connectivity index (χ4v) is 2.61. The molecule has 0 fully saturated rings. The van der Waals surface area contributed by atoms with Crippen LogP contribution in [0.3, 0.4) is 0 Å². The van der Waals surface area contributed by atoms with Crippen molar-refractivity contribution in [1.29, 1.82) is 0 Å². The minimum atomic E-state index is -0.889. The molecule has 0 spiro atoms. The summed E-state index contributed by atoms with van der Waals surface area (Å²) in [6, 6.07) is 25.7. The molecule has 0 aliphatic rings. The molecule has 0 atom stereocenters.